The van der Waals surface area contributed by atoms with Crippen molar-refractivity contribution in [3.05, 3.63) is 11.0 Å². The van der Waals surface area contributed by atoms with Crippen LogP contribution in [0.25, 0.3) is 11.2 Å². The fourth-order valence-corrected chi connectivity index (χ4v) is 4.01. The summed E-state index contributed by atoms with van der Waals surface area (Å²) in [4.78, 5) is 48.2. The topological polar surface area (TPSA) is 161 Å². The van der Waals surface area contributed by atoms with Crippen LogP contribution in [0.5, 0.6) is 0 Å². The molecule has 2 aromatic rings. The summed E-state index contributed by atoms with van der Waals surface area (Å²) in [7, 11) is 0. The minimum atomic E-state index is -1.04. The van der Waals surface area contributed by atoms with Crippen molar-refractivity contribution in [1.29, 1.82) is 0 Å². The van der Waals surface area contributed by atoms with Crippen molar-refractivity contribution in [3.8, 4) is 0 Å². The number of aromatic nitrogens is 4. The number of H-pyrrole nitrogens is 1. The largest absolute Gasteiger partial charge is 0.463 e. The molecule has 0 amide bonds. The van der Waals surface area contributed by atoms with Crippen molar-refractivity contribution >= 4 is 47.2 Å². The summed E-state index contributed by atoms with van der Waals surface area (Å²) < 4.78 is 24.7. The van der Waals surface area contributed by atoms with Gasteiger partial charge in [0.25, 0.3) is 0 Å². The fourth-order valence-electron chi connectivity index (χ4n) is 3.76. The number of carbonyl (C=O) groups is 3. The minimum Gasteiger partial charge on any atom is -0.463 e. The Hall–Kier alpha value is -3.06. The van der Waals surface area contributed by atoms with Crippen molar-refractivity contribution in [2.45, 2.75) is 83.8 Å². The summed E-state index contributed by atoms with van der Waals surface area (Å²) >= 11 is 5.25. The number of nitrogens with one attached hydrogen (secondary N) is 1. The van der Waals surface area contributed by atoms with Crippen LogP contribution in [-0.2, 0) is 33.3 Å². The van der Waals surface area contributed by atoms with Crippen LogP contribution >= 0.6 is 12.2 Å². The number of anilines is 1. The van der Waals surface area contributed by atoms with Gasteiger partial charge < -0.3 is 29.7 Å². The molecule has 1 aliphatic heterocycles. The highest BCUT2D eigenvalue weighted by molar-refractivity contribution is 7.71. The number of nitrogen functional groups attached to an aromatic ring is 1. The number of nitrogens with zero attached hydrogens (tertiary/aromatic N) is 3. The number of esters is 3. The van der Waals surface area contributed by atoms with Gasteiger partial charge in [0.1, 0.15) is 23.9 Å². The molecule has 1 saturated heterocycles. The molecular weight excluding hydrogens is 478 g/mol. The molecule has 0 radical (unpaired) electrons. The molecule has 0 unspecified atom stereocenters. The normalized spacial score (nSPS) is 21.7. The van der Waals surface area contributed by atoms with Crippen molar-refractivity contribution in [2.24, 2.45) is 0 Å². The van der Waals surface area contributed by atoms with Gasteiger partial charge >= 0.3 is 17.9 Å². The van der Waals surface area contributed by atoms with E-state index in [-0.39, 0.29) is 36.5 Å². The number of carbonyl (C=O) groups excluding carboxylic acids is 3. The average molecular weight is 510 g/mol. The number of aromatic amines is 1. The lowest BCUT2D eigenvalue weighted by atomic mass is 10.1. The van der Waals surface area contributed by atoms with Gasteiger partial charge in [0.05, 0.1) is 6.33 Å². The van der Waals surface area contributed by atoms with Crippen molar-refractivity contribution in [1.82, 2.24) is 19.5 Å². The lowest BCUT2D eigenvalue weighted by Crippen LogP contribution is -2.41. The first kappa shape index (κ1) is 26.5. The number of hydrogen-bond donors (Lipinski definition) is 2. The van der Waals surface area contributed by atoms with Gasteiger partial charge in [-0.05, 0) is 19.3 Å². The molecule has 3 rings (SSSR count). The molecule has 0 spiro atoms. The van der Waals surface area contributed by atoms with Gasteiger partial charge in [0.2, 0.25) is 0 Å². The van der Waals surface area contributed by atoms with E-state index in [0.29, 0.717) is 30.4 Å². The van der Waals surface area contributed by atoms with E-state index in [4.69, 9.17) is 36.9 Å². The predicted octanol–water partition coefficient (Wildman–Crippen LogP) is 2.74. The molecule has 0 saturated carbocycles. The van der Waals surface area contributed by atoms with Gasteiger partial charge in [-0.15, -0.1) is 0 Å². The Labute approximate surface area is 207 Å². The maximum Gasteiger partial charge on any atom is 0.306 e. The molecule has 2 aromatic heterocycles. The Morgan fingerprint density at radius 3 is 2.29 bits per heavy atom. The fraction of sp³-hybridized carbons (Fsp3) is 0.636. The quantitative estimate of drug-likeness (QED) is 0.260. The van der Waals surface area contributed by atoms with E-state index in [0.717, 1.165) is 0 Å². The molecule has 192 valence electrons. The van der Waals surface area contributed by atoms with Gasteiger partial charge in [-0.25, -0.2) is 9.97 Å². The number of fused-ring (bicyclic) bond motifs is 1. The van der Waals surface area contributed by atoms with Crippen molar-refractivity contribution in [3.63, 3.8) is 0 Å². The number of hydrogen-bond acceptors (Lipinski definition) is 11. The first-order valence-corrected chi connectivity index (χ1v) is 12.1. The lowest BCUT2D eigenvalue weighted by molar-refractivity contribution is -0.169. The highest BCUT2D eigenvalue weighted by Gasteiger charge is 2.51. The van der Waals surface area contributed by atoms with Gasteiger partial charge in [-0.2, -0.15) is 0 Å². The summed E-state index contributed by atoms with van der Waals surface area (Å²) in [5.41, 5.74) is 6.61. The minimum absolute atomic E-state index is 0.0674. The third kappa shape index (κ3) is 6.34. The first-order valence-electron chi connectivity index (χ1n) is 11.7. The summed E-state index contributed by atoms with van der Waals surface area (Å²) in [6.45, 7) is 5.36. The van der Waals surface area contributed by atoms with Crippen LogP contribution in [0.1, 0.15) is 65.5 Å². The molecule has 12 nitrogen and oxygen atoms in total. The second-order valence-electron chi connectivity index (χ2n) is 8.18. The molecule has 4 atom stereocenters. The highest BCUT2D eigenvalue weighted by atomic mass is 32.1. The average Bonchev–Trinajstić information content (AvgIpc) is 3.34. The molecule has 0 aliphatic carbocycles. The van der Waals surface area contributed by atoms with Crippen LogP contribution in [0.3, 0.4) is 0 Å². The van der Waals surface area contributed by atoms with E-state index in [1.165, 1.54) is 6.33 Å². The molecule has 0 aromatic carbocycles. The Morgan fingerprint density at radius 1 is 1.06 bits per heavy atom. The van der Waals surface area contributed by atoms with Crippen LogP contribution in [0.4, 0.5) is 5.95 Å². The summed E-state index contributed by atoms with van der Waals surface area (Å²) in [5, 5.41) is 0. The van der Waals surface area contributed by atoms with Crippen LogP contribution in [-0.4, -0.2) is 62.3 Å². The van der Waals surface area contributed by atoms with E-state index in [1.807, 2.05) is 20.8 Å². The third-order valence-corrected chi connectivity index (χ3v) is 5.62. The zero-order valence-electron chi connectivity index (χ0n) is 20.0. The van der Waals surface area contributed by atoms with Crippen molar-refractivity contribution in [2.75, 3.05) is 12.3 Å². The Bertz CT molecular complexity index is 1120. The van der Waals surface area contributed by atoms with Crippen LogP contribution in [0.2, 0.25) is 0 Å². The summed E-state index contributed by atoms with van der Waals surface area (Å²) in [5.74, 6) is -1.30. The standard InChI is InChI=1S/C22H31N5O7S/c1-4-7-13(28)31-10-12-17(33-14(29)8-5-2)18(34-15(30)9-6-3)21(32-12)27-11-24-16-19(27)25-22(23)26-20(16)35/h11-12,17-18,21H,4-10H2,1-3H3,(H3,23,25,26,35)/t12-,17+,18-,21+/m0/s1. The number of ether oxygens (including phenoxy) is 4. The molecule has 0 bridgehead atoms. The molecule has 3 N–H and O–H groups in total. The second kappa shape index (κ2) is 12.1. The van der Waals surface area contributed by atoms with Gasteiger partial charge in [-0.1, -0.05) is 33.0 Å². The molecule has 1 aliphatic rings. The van der Waals surface area contributed by atoms with Crippen LogP contribution in [0, 0.1) is 4.64 Å². The maximum absolute atomic E-state index is 12.5. The molecular formula is C22H31N5O7S. The monoisotopic (exact) mass is 509 g/mol. The van der Waals surface area contributed by atoms with Gasteiger partial charge in [0.15, 0.2) is 29.0 Å². The van der Waals surface area contributed by atoms with Crippen molar-refractivity contribution < 1.29 is 33.3 Å². The maximum atomic E-state index is 12.5. The zero-order valence-corrected chi connectivity index (χ0v) is 20.8. The summed E-state index contributed by atoms with van der Waals surface area (Å²) in [6, 6.07) is 0. The molecule has 3 heterocycles. The molecule has 1 fully saturated rings. The number of imidazole rings is 1. The number of rotatable bonds is 11. The molecule has 35 heavy (non-hydrogen) atoms. The predicted molar refractivity (Wildman–Crippen MR) is 126 cm³/mol. The SMILES string of the molecule is CCCC(=O)OC[C@@H]1O[C@@H](n2cnc3c(=S)nc(N)[nH]c32)[C@@H](OC(=O)CCC)[C@@H]1OC(=O)CCC. The number of nitrogens with two attached hydrogens (primary N) is 1. The Morgan fingerprint density at radius 2 is 1.66 bits per heavy atom. The summed E-state index contributed by atoms with van der Waals surface area (Å²) in [6.07, 6.45) is -0.146. The van der Waals surface area contributed by atoms with Gasteiger partial charge in [0, 0.05) is 19.3 Å². The van der Waals surface area contributed by atoms with Crippen LogP contribution in [0.15, 0.2) is 6.33 Å². The first-order chi connectivity index (χ1) is 16.8. The van der Waals surface area contributed by atoms with Gasteiger partial charge in [-0.3, -0.25) is 19.0 Å². The van der Waals surface area contributed by atoms with E-state index in [9.17, 15) is 14.4 Å². The second-order valence-corrected chi connectivity index (χ2v) is 8.57. The highest BCUT2D eigenvalue weighted by Crippen LogP contribution is 2.36. The molecule has 13 heteroatoms. The van der Waals surface area contributed by atoms with Crippen LogP contribution < -0.4 is 5.73 Å². The van der Waals surface area contributed by atoms with E-state index in [2.05, 4.69) is 15.0 Å². The van der Waals surface area contributed by atoms with E-state index in [1.54, 1.807) is 4.57 Å². The van der Waals surface area contributed by atoms with E-state index >= 15 is 0 Å². The Balaban J connectivity index is 2.01. The third-order valence-electron chi connectivity index (χ3n) is 5.33. The Kier molecular flexibility index (Phi) is 9.15. The zero-order chi connectivity index (χ0) is 25.5. The lowest BCUT2D eigenvalue weighted by Gasteiger charge is -2.25. The smallest absolute Gasteiger partial charge is 0.306 e. The van der Waals surface area contributed by atoms with E-state index < -0.39 is 42.4 Å².